The van der Waals surface area contributed by atoms with Crippen molar-refractivity contribution >= 4 is 33.1 Å². The highest BCUT2D eigenvalue weighted by molar-refractivity contribution is 7.89. The first kappa shape index (κ1) is 18.3. The lowest BCUT2D eigenvalue weighted by Crippen LogP contribution is -2.30. The summed E-state index contributed by atoms with van der Waals surface area (Å²) in [6, 6.07) is 3.33. The number of aromatic nitrogens is 2. The second kappa shape index (κ2) is 7.21. The maximum atomic E-state index is 13.2. The van der Waals surface area contributed by atoms with Crippen LogP contribution in [0.2, 0.25) is 5.02 Å². The zero-order valence-corrected chi connectivity index (χ0v) is 13.9. The molecule has 0 atom stereocenters. The SMILES string of the molecule is CCS(=O)(=O)NCc1nonc1C(=N)N(O)c1ccc(F)c(Cl)c1. The molecule has 0 aliphatic rings. The molecular formula is C12H13ClFN5O4S. The Labute approximate surface area is 141 Å². The summed E-state index contributed by atoms with van der Waals surface area (Å²) in [5.74, 6) is -1.37. The van der Waals surface area contributed by atoms with Crippen molar-refractivity contribution in [3.05, 3.63) is 40.4 Å². The molecule has 2 rings (SSSR count). The monoisotopic (exact) mass is 377 g/mol. The van der Waals surface area contributed by atoms with Crippen LogP contribution >= 0.6 is 11.6 Å². The topological polar surface area (TPSA) is 132 Å². The quantitative estimate of drug-likeness (QED) is 0.395. The van der Waals surface area contributed by atoms with Gasteiger partial charge in [0.2, 0.25) is 10.0 Å². The van der Waals surface area contributed by atoms with Gasteiger partial charge in [-0.15, -0.1) is 0 Å². The van der Waals surface area contributed by atoms with Crippen molar-refractivity contribution in [3.8, 4) is 0 Å². The Morgan fingerprint density at radius 2 is 2.21 bits per heavy atom. The molecule has 0 aliphatic heterocycles. The van der Waals surface area contributed by atoms with E-state index in [0.29, 0.717) is 5.06 Å². The molecule has 0 amide bonds. The summed E-state index contributed by atoms with van der Waals surface area (Å²) in [6.07, 6.45) is 0. The second-order valence-electron chi connectivity index (χ2n) is 4.54. The molecule has 0 fully saturated rings. The van der Waals surface area contributed by atoms with Gasteiger partial charge in [-0.2, -0.15) is 0 Å². The van der Waals surface area contributed by atoms with Gasteiger partial charge in [-0.3, -0.25) is 10.6 Å². The minimum Gasteiger partial charge on any atom is -0.282 e. The van der Waals surface area contributed by atoms with Gasteiger partial charge >= 0.3 is 0 Å². The smallest absolute Gasteiger partial charge is 0.211 e. The number of hydrogen-bond acceptors (Lipinski definition) is 7. The third-order valence-corrected chi connectivity index (χ3v) is 4.61. The zero-order chi connectivity index (χ0) is 17.9. The second-order valence-corrected chi connectivity index (χ2v) is 7.05. The van der Waals surface area contributed by atoms with Crippen molar-refractivity contribution in [2.45, 2.75) is 13.5 Å². The summed E-state index contributed by atoms with van der Waals surface area (Å²) in [6.45, 7) is 1.19. The average molecular weight is 378 g/mol. The summed E-state index contributed by atoms with van der Waals surface area (Å²) in [5, 5.41) is 25.1. The molecule has 130 valence electrons. The van der Waals surface area contributed by atoms with Crippen molar-refractivity contribution in [1.29, 1.82) is 5.41 Å². The highest BCUT2D eigenvalue weighted by atomic mass is 35.5. The molecule has 2 aromatic rings. The predicted molar refractivity (Wildman–Crippen MR) is 83.1 cm³/mol. The molecular weight excluding hydrogens is 365 g/mol. The van der Waals surface area contributed by atoms with Crippen LogP contribution in [0.3, 0.4) is 0 Å². The number of amidine groups is 1. The standard InChI is InChI=1S/C12H13ClFN5O4S/c1-2-24(21,22)16-6-10-11(18-23-17-10)12(15)19(20)7-3-4-9(14)8(13)5-7/h3-5,15-16,20H,2,6H2,1H3. The summed E-state index contributed by atoms with van der Waals surface area (Å²) in [5.41, 5.74) is -0.171. The summed E-state index contributed by atoms with van der Waals surface area (Å²) in [7, 11) is -3.49. The third kappa shape index (κ3) is 4.06. The summed E-state index contributed by atoms with van der Waals surface area (Å²) >= 11 is 5.63. The van der Waals surface area contributed by atoms with Crippen LogP contribution in [0, 0.1) is 11.2 Å². The van der Waals surface area contributed by atoms with Crippen LogP contribution in [-0.2, 0) is 16.6 Å². The van der Waals surface area contributed by atoms with Crippen molar-refractivity contribution in [2.24, 2.45) is 0 Å². The summed E-state index contributed by atoms with van der Waals surface area (Å²) < 4.78 is 42.8. The molecule has 9 nitrogen and oxygen atoms in total. The first-order valence-electron chi connectivity index (χ1n) is 6.57. The molecule has 0 bridgehead atoms. The van der Waals surface area contributed by atoms with Gasteiger partial charge in [0.25, 0.3) is 0 Å². The maximum Gasteiger partial charge on any atom is 0.211 e. The Balaban J connectivity index is 2.21. The van der Waals surface area contributed by atoms with E-state index in [1.807, 2.05) is 0 Å². The Morgan fingerprint density at radius 1 is 1.50 bits per heavy atom. The van der Waals surface area contributed by atoms with Gasteiger partial charge in [0, 0.05) is 0 Å². The van der Waals surface area contributed by atoms with Gasteiger partial charge in [0.15, 0.2) is 11.5 Å². The van der Waals surface area contributed by atoms with Crippen LogP contribution in [0.15, 0.2) is 22.8 Å². The van der Waals surface area contributed by atoms with E-state index < -0.39 is 21.7 Å². The third-order valence-electron chi connectivity index (χ3n) is 2.98. The molecule has 0 unspecified atom stereocenters. The van der Waals surface area contributed by atoms with E-state index in [2.05, 4.69) is 19.7 Å². The number of rotatable bonds is 6. The van der Waals surface area contributed by atoms with Crippen LogP contribution in [-0.4, -0.2) is 35.5 Å². The number of sulfonamides is 1. The number of halogens is 2. The summed E-state index contributed by atoms with van der Waals surface area (Å²) in [4.78, 5) is 0. The average Bonchev–Trinajstić information content (AvgIpc) is 3.03. The number of anilines is 1. The molecule has 0 saturated carbocycles. The lowest BCUT2D eigenvalue weighted by atomic mass is 10.2. The first-order valence-corrected chi connectivity index (χ1v) is 8.60. The first-order chi connectivity index (χ1) is 11.2. The van der Waals surface area contributed by atoms with E-state index in [-0.39, 0.29) is 34.4 Å². The number of benzene rings is 1. The van der Waals surface area contributed by atoms with Gasteiger partial charge < -0.3 is 0 Å². The van der Waals surface area contributed by atoms with Gasteiger partial charge in [-0.25, -0.2) is 27.2 Å². The number of hydroxylamine groups is 1. The highest BCUT2D eigenvalue weighted by Gasteiger charge is 2.22. The Bertz CT molecular complexity index is 857. The Kier molecular flexibility index (Phi) is 5.49. The van der Waals surface area contributed by atoms with Crippen molar-refractivity contribution in [2.75, 3.05) is 10.8 Å². The van der Waals surface area contributed by atoms with Gasteiger partial charge in [0.1, 0.15) is 11.5 Å². The molecule has 24 heavy (non-hydrogen) atoms. The van der Waals surface area contributed by atoms with Crippen molar-refractivity contribution < 1.29 is 22.6 Å². The lowest BCUT2D eigenvalue weighted by Gasteiger charge is -2.16. The van der Waals surface area contributed by atoms with E-state index in [0.717, 1.165) is 12.1 Å². The number of hydrogen-bond donors (Lipinski definition) is 3. The minimum atomic E-state index is -3.49. The van der Waals surface area contributed by atoms with E-state index in [1.165, 1.54) is 13.0 Å². The molecule has 1 aromatic heterocycles. The van der Waals surface area contributed by atoms with Gasteiger partial charge in [-0.05, 0) is 30.3 Å². The van der Waals surface area contributed by atoms with E-state index in [1.54, 1.807) is 0 Å². The van der Waals surface area contributed by atoms with Crippen LogP contribution in [0.5, 0.6) is 0 Å². The Morgan fingerprint density at radius 3 is 2.83 bits per heavy atom. The van der Waals surface area contributed by atoms with Gasteiger partial charge in [-0.1, -0.05) is 16.8 Å². The zero-order valence-electron chi connectivity index (χ0n) is 12.3. The van der Waals surface area contributed by atoms with Crippen molar-refractivity contribution in [3.63, 3.8) is 0 Å². The molecule has 1 aromatic carbocycles. The Hall–Kier alpha value is -2.08. The largest absolute Gasteiger partial charge is 0.282 e. The maximum absolute atomic E-state index is 13.2. The fraction of sp³-hybridized carbons (Fsp3) is 0.250. The van der Waals surface area contributed by atoms with Gasteiger partial charge in [0.05, 0.1) is 23.0 Å². The minimum absolute atomic E-state index is 0.00397. The fourth-order valence-electron chi connectivity index (χ4n) is 1.63. The molecule has 0 aliphatic carbocycles. The number of nitrogens with zero attached hydrogens (tertiary/aromatic N) is 3. The van der Waals surface area contributed by atoms with Crippen LogP contribution in [0.1, 0.15) is 18.3 Å². The highest BCUT2D eigenvalue weighted by Crippen LogP contribution is 2.23. The molecule has 0 radical (unpaired) electrons. The van der Waals surface area contributed by atoms with Crippen molar-refractivity contribution in [1.82, 2.24) is 15.0 Å². The van der Waals surface area contributed by atoms with Crippen LogP contribution in [0.25, 0.3) is 0 Å². The number of nitrogens with one attached hydrogen (secondary N) is 2. The molecule has 3 N–H and O–H groups in total. The van der Waals surface area contributed by atoms with E-state index in [4.69, 9.17) is 17.0 Å². The predicted octanol–water partition coefficient (Wildman–Crippen LogP) is 1.52. The van der Waals surface area contributed by atoms with Crippen LogP contribution < -0.4 is 9.79 Å². The van der Waals surface area contributed by atoms with Crippen LogP contribution in [0.4, 0.5) is 10.1 Å². The fourth-order valence-corrected chi connectivity index (χ4v) is 2.36. The van der Waals surface area contributed by atoms with E-state index >= 15 is 0 Å². The normalized spacial score (nSPS) is 11.5. The molecule has 12 heteroatoms. The molecule has 0 saturated heterocycles. The molecule has 0 spiro atoms. The van der Waals surface area contributed by atoms with E-state index in [9.17, 15) is 18.0 Å². The molecule has 1 heterocycles. The lowest BCUT2D eigenvalue weighted by molar-refractivity contribution is 0.297.